The third kappa shape index (κ3) is 5.31. The number of nitrogens with zero attached hydrogens (tertiary/aromatic N) is 1. The monoisotopic (exact) mass is 437 g/mol. The Morgan fingerprint density at radius 1 is 1.07 bits per heavy atom. The molecule has 166 valence electrons. The van der Waals surface area contributed by atoms with E-state index in [0.717, 1.165) is 25.7 Å². The molecular formula is C21H31N3O5S. The van der Waals surface area contributed by atoms with Crippen LogP contribution in [0.5, 0.6) is 5.75 Å². The summed E-state index contributed by atoms with van der Waals surface area (Å²) in [6.45, 7) is 2.23. The van der Waals surface area contributed by atoms with Crippen molar-refractivity contribution < 1.29 is 22.7 Å². The van der Waals surface area contributed by atoms with Gasteiger partial charge in [-0.3, -0.25) is 9.59 Å². The van der Waals surface area contributed by atoms with E-state index in [2.05, 4.69) is 10.6 Å². The van der Waals surface area contributed by atoms with Gasteiger partial charge in [0.05, 0.1) is 12.0 Å². The molecule has 0 radical (unpaired) electrons. The van der Waals surface area contributed by atoms with Gasteiger partial charge in [0.15, 0.2) is 0 Å². The summed E-state index contributed by atoms with van der Waals surface area (Å²) in [5.74, 6) is -0.0511. The fraction of sp³-hybridized carbons (Fsp3) is 0.619. The lowest BCUT2D eigenvalue weighted by Crippen LogP contribution is -2.50. The number of amides is 2. The first-order chi connectivity index (χ1) is 14.3. The van der Waals surface area contributed by atoms with Crippen molar-refractivity contribution in [3.8, 4) is 5.75 Å². The maximum atomic E-state index is 12.8. The van der Waals surface area contributed by atoms with Crippen LogP contribution in [0.1, 0.15) is 45.4 Å². The van der Waals surface area contributed by atoms with Crippen molar-refractivity contribution in [3.63, 3.8) is 0 Å². The lowest BCUT2D eigenvalue weighted by atomic mass is 9.97. The van der Waals surface area contributed by atoms with E-state index < -0.39 is 16.1 Å². The highest BCUT2D eigenvalue weighted by molar-refractivity contribution is 7.89. The van der Waals surface area contributed by atoms with Crippen LogP contribution in [0.4, 0.5) is 0 Å². The van der Waals surface area contributed by atoms with E-state index in [9.17, 15) is 18.0 Å². The number of carbonyl (C=O) groups excluding carboxylic acids is 2. The summed E-state index contributed by atoms with van der Waals surface area (Å²) in [5.41, 5.74) is 0. The molecule has 1 aliphatic carbocycles. The summed E-state index contributed by atoms with van der Waals surface area (Å²) >= 11 is 0. The fourth-order valence-electron chi connectivity index (χ4n) is 4.05. The molecule has 2 aliphatic rings. The van der Waals surface area contributed by atoms with Gasteiger partial charge in [0.2, 0.25) is 21.8 Å². The van der Waals surface area contributed by atoms with Crippen molar-refractivity contribution in [2.24, 2.45) is 5.92 Å². The molecule has 2 amide bonds. The lowest BCUT2D eigenvalue weighted by Gasteiger charge is -2.31. The van der Waals surface area contributed by atoms with Gasteiger partial charge in [-0.15, -0.1) is 0 Å². The SMILES string of the molecule is COc1ccc(S(=O)(=O)N2CCC(C(=O)N[C@H](C)C(=O)NC3CCCC3)CC2)cc1. The van der Waals surface area contributed by atoms with Crippen molar-refractivity contribution >= 4 is 21.8 Å². The molecule has 30 heavy (non-hydrogen) atoms. The lowest BCUT2D eigenvalue weighted by molar-refractivity contribution is -0.131. The zero-order valence-electron chi connectivity index (χ0n) is 17.6. The molecule has 1 atom stereocenters. The number of piperidine rings is 1. The molecule has 1 saturated carbocycles. The van der Waals surface area contributed by atoms with Gasteiger partial charge in [-0.2, -0.15) is 4.31 Å². The molecule has 1 aliphatic heterocycles. The Bertz CT molecular complexity index is 842. The van der Waals surface area contributed by atoms with E-state index in [0.29, 0.717) is 18.6 Å². The van der Waals surface area contributed by atoms with Crippen LogP contribution >= 0.6 is 0 Å². The molecule has 1 aromatic carbocycles. The first-order valence-corrected chi connectivity index (χ1v) is 12.0. The molecular weight excluding hydrogens is 406 g/mol. The normalized spacial score (nSPS) is 19.9. The molecule has 0 spiro atoms. The van der Waals surface area contributed by atoms with Gasteiger partial charge in [0.25, 0.3) is 0 Å². The maximum absolute atomic E-state index is 12.8. The van der Waals surface area contributed by atoms with Crippen LogP contribution in [-0.4, -0.2) is 56.8 Å². The molecule has 8 nitrogen and oxygen atoms in total. The largest absolute Gasteiger partial charge is 0.497 e. The predicted molar refractivity (Wildman–Crippen MR) is 112 cm³/mol. The van der Waals surface area contributed by atoms with Crippen LogP contribution in [0.2, 0.25) is 0 Å². The third-order valence-corrected chi connectivity index (χ3v) is 7.89. The van der Waals surface area contributed by atoms with Gasteiger partial charge in [0.1, 0.15) is 11.8 Å². The molecule has 3 rings (SSSR count). The Morgan fingerprint density at radius 2 is 1.67 bits per heavy atom. The first-order valence-electron chi connectivity index (χ1n) is 10.6. The number of methoxy groups -OCH3 is 1. The average molecular weight is 438 g/mol. The number of hydrogen-bond acceptors (Lipinski definition) is 5. The topological polar surface area (TPSA) is 105 Å². The second kappa shape index (κ2) is 9.78. The Morgan fingerprint density at radius 3 is 2.23 bits per heavy atom. The molecule has 0 aromatic heterocycles. The van der Waals surface area contributed by atoms with Crippen LogP contribution in [-0.2, 0) is 19.6 Å². The van der Waals surface area contributed by atoms with E-state index in [1.54, 1.807) is 19.1 Å². The summed E-state index contributed by atoms with van der Waals surface area (Å²) < 4.78 is 32.1. The van der Waals surface area contributed by atoms with Gasteiger partial charge in [-0.25, -0.2) is 8.42 Å². The minimum absolute atomic E-state index is 0.158. The number of sulfonamides is 1. The number of hydrogen-bond donors (Lipinski definition) is 2. The molecule has 0 unspecified atom stereocenters. The minimum atomic E-state index is -3.60. The fourth-order valence-corrected chi connectivity index (χ4v) is 5.52. The molecule has 9 heteroatoms. The highest BCUT2D eigenvalue weighted by atomic mass is 32.2. The Balaban J connectivity index is 1.50. The van der Waals surface area contributed by atoms with Gasteiger partial charge >= 0.3 is 0 Å². The van der Waals surface area contributed by atoms with E-state index in [1.807, 2.05) is 0 Å². The van der Waals surface area contributed by atoms with Crippen molar-refractivity contribution in [3.05, 3.63) is 24.3 Å². The molecule has 1 saturated heterocycles. The smallest absolute Gasteiger partial charge is 0.243 e. The predicted octanol–water partition coefficient (Wildman–Crippen LogP) is 1.66. The number of carbonyl (C=O) groups is 2. The van der Waals surface area contributed by atoms with Crippen LogP contribution < -0.4 is 15.4 Å². The Kier molecular flexibility index (Phi) is 7.36. The zero-order valence-corrected chi connectivity index (χ0v) is 18.4. The standard InChI is InChI=1S/C21H31N3O5S/c1-15(20(25)23-17-5-3-4-6-17)22-21(26)16-11-13-24(14-12-16)30(27,28)19-9-7-18(29-2)8-10-19/h7-10,15-17H,3-6,11-14H2,1-2H3,(H,22,26)(H,23,25)/t15-/m1/s1. The molecule has 2 N–H and O–H groups in total. The van der Waals surface area contributed by atoms with E-state index in [-0.39, 0.29) is 41.8 Å². The van der Waals surface area contributed by atoms with Crippen LogP contribution in [0.15, 0.2) is 29.2 Å². The highest BCUT2D eigenvalue weighted by Crippen LogP contribution is 2.25. The average Bonchev–Trinajstić information content (AvgIpc) is 3.26. The molecule has 1 aromatic rings. The maximum Gasteiger partial charge on any atom is 0.243 e. The Labute approximate surface area is 178 Å². The minimum Gasteiger partial charge on any atom is -0.497 e. The van der Waals surface area contributed by atoms with Crippen LogP contribution in [0, 0.1) is 5.92 Å². The number of ether oxygens (including phenoxy) is 1. The second-order valence-electron chi connectivity index (χ2n) is 8.07. The molecule has 1 heterocycles. The third-order valence-electron chi connectivity index (χ3n) is 5.98. The van der Waals surface area contributed by atoms with Gasteiger partial charge in [0, 0.05) is 25.0 Å². The number of benzene rings is 1. The van der Waals surface area contributed by atoms with Gasteiger partial charge < -0.3 is 15.4 Å². The van der Waals surface area contributed by atoms with Crippen LogP contribution in [0.3, 0.4) is 0 Å². The first kappa shape index (κ1) is 22.6. The zero-order chi connectivity index (χ0) is 21.7. The van der Waals surface area contributed by atoms with Gasteiger partial charge in [-0.05, 0) is 56.9 Å². The van der Waals surface area contributed by atoms with Crippen LogP contribution in [0.25, 0.3) is 0 Å². The van der Waals surface area contributed by atoms with Crippen molar-refractivity contribution in [1.82, 2.24) is 14.9 Å². The summed E-state index contributed by atoms with van der Waals surface area (Å²) in [6.07, 6.45) is 5.10. The quantitative estimate of drug-likeness (QED) is 0.675. The second-order valence-corrected chi connectivity index (χ2v) is 10.0. The summed E-state index contributed by atoms with van der Waals surface area (Å²) in [7, 11) is -2.08. The summed E-state index contributed by atoms with van der Waals surface area (Å²) in [4.78, 5) is 25.1. The molecule has 2 fully saturated rings. The van der Waals surface area contributed by atoms with Gasteiger partial charge in [-0.1, -0.05) is 12.8 Å². The highest BCUT2D eigenvalue weighted by Gasteiger charge is 2.33. The van der Waals surface area contributed by atoms with Crippen molar-refractivity contribution in [2.75, 3.05) is 20.2 Å². The summed E-state index contributed by atoms with van der Waals surface area (Å²) in [5, 5.41) is 5.78. The number of nitrogens with one attached hydrogen (secondary N) is 2. The Hall–Kier alpha value is -2.13. The van der Waals surface area contributed by atoms with Crippen molar-refractivity contribution in [2.45, 2.75) is 62.4 Å². The van der Waals surface area contributed by atoms with Crippen molar-refractivity contribution in [1.29, 1.82) is 0 Å². The summed E-state index contributed by atoms with van der Waals surface area (Å²) in [6, 6.07) is 5.90. The van der Waals surface area contributed by atoms with E-state index in [1.165, 1.54) is 23.5 Å². The number of rotatable bonds is 7. The van der Waals surface area contributed by atoms with E-state index in [4.69, 9.17) is 4.74 Å². The molecule has 0 bridgehead atoms. The van der Waals surface area contributed by atoms with E-state index >= 15 is 0 Å².